The number of nitrogens with one attached hydrogen (secondary N) is 3. The van der Waals surface area contributed by atoms with Crippen LogP contribution in [0.3, 0.4) is 0 Å². The second-order valence-corrected chi connectivity index (χ2v) is 6.29. The molecule has 0 aliphatic carbocycles. The molecule has 0 aliphatic rings. The quantitative estimate of drug-likeness (QED) is 0.603. The molecule has 0 spiro atoms. The lowest BCUT2D eigenvalue weighted by Crippen LogP contribution is -2.30. The smallest absolute Gasteiger partial charge is 0.170 e. The molecule has 0 fully saturated rings. The van der Waals surface area contributed by atoms with Gasteiger partial charge in [0.1, 0.15) is 0 Å². The number of anilines is 1. The molecule has 3 N–H and O–H groups in total. The fourth-order valence-electron chi connectivity index (χ4n) is 2.55. The average molecular weight is 344 g/mol. The molecule has 0 saturated heterocycles. The topological polar surface area (TPSA) is 39.8 Å². The van der Waals surface area contributed by atoms with Crippen LogP contribution >= 0.6 is 23.8 Å². The van der Waals surface area contributed by atoms with Gasteiger partial charge in [0.15, 0.2) is 5.11 Å². The zero-order valence-corrected chi connectivity index (χ0v) is 14.4. The van der Waals surface area contributed by atoms with Gasteiger partial charge in [-0.15, -0.1) is 0 Å². The summed E-state index contributed by atoms with van der Waals surface area (Å²) in [5.41, 5.74) is 4.53. The van der Waals surface area contributed by atoms with Crippen molar-refractivity contribution in [2.75, 3.05) is 11.9 Å². The van der Waals surface area contributed by atoms with Crippen molar-refractivity contribution in [2.24, 2.45) is 0 Å². The molecular weight excluding hydrogens is 326 g/mol. The summed E-state index contributed by atoms with van der Waals surface area (Å²) in [7, 11) is 0. The van der Waals surface area contributed by atoms with E-state index in [1.54, 1.807) is 0 Å². The number of aromatic nitrogens is 1. The van der Waals surface area contributed by atoms with Crippen LogP contribution in [0.1, 0.15) is 11.1 Å². The van der Waals surface area contributed by atoms with Crippen LogP contribution in [-0.4, -0.2) is 16.6 Å². The van der Waals surface area contributed by atoms with Gasteiger partial charge in [0, 0.05) is 34.4 Å². The fourth-order valence-corrected chi connectivity index (χ4v) is 2.93. The molecule has 0 saturated carbocycles. The van der Waals surface area contributed by atoms with Crippen LogP contribution in [0.2, 0.25) is 5.02 Å². The Morgan fingerprint density at radius 2 is 2.04 bits per heavy atom. The lowest BCUT2D eigenvalue weighted by molar-refractivity contribution is 0.878. The predicted octanol–water partition coefficient (Wildman–Crippen LogP) is 4.66. The van der Waals surface area contributed by atoms with E-state index < -0.39 is 0 Å². The summed E-state index contributed by atoms with van der Waals surface area (Å²) in [6.07, 6.45) is 2.90. The van der Waals surface area contributed by atoms with Crippen molar-refractivity contribution in [2.45, 2.75) is 13.3 Å². The first-order chi connectivity index (χ1) is 11.1. The SMILES string of the molecule is Cc1ccccc1NC(=S)NCCc1c[nH]c2ccc(Cl)cc12. The van der Waals surface area contributed by atoms with Crippen molar-refractivity contribution in [3.63, 3.8) is 0 Å². The van der Waals surface area contributed by atoms with Gasteiger partial charge in [-0.3, -0.25) is 0 Å². The summed E-state index contributed by atoms with van der Waals surface area (Å²) in [5, 5.41) is 9.03. The van der Waals surface area contributed by atoms with E-state index in [4.69, 9.17) is 23.8 Å². The Morgan fingerprint density at radius 1 is 1.22 bits per heavy atom. The van der Waals surface area contributed by atoms with E-state index in [-0.39, 0.29) is 0 Å². The monoisotopic (exact) mass is 343 g/mol. The maximum Gasteiger partial charge on any atom is 0.170 e. The van der Waals surface area contributed by atoms with E-state index >= 15 is 0 Å². The first-order valence-corrected chi connectivity index (χ1v) is 8.28. The molecule has 3 rings (SSSR count). The van der Waals surface area contributed by atoms with Gasteiger partial charge in [-0.2, -0.15) is 0 Å². The Hall–Kier alpha value is -2.04. The summed E-state index contributed by atoms with van der Waals surface area (Å²) in [5.74, 6) is 0. The van der Waals surface area contributed by atoms with Crippen LogP contribution in [0.25, 0.3) is 10.9 Å². The van der Waals surface area contributed by atoms with Crippen LogP contribution in [0.4, 0.5) is 5.69 Å². The molecule has 0 radical (unpaired) electrons. The Morgan fingerprint density at radius 3 is 2.87 bits per heavy atom. The summed E-state index contributed by atoms with van der Waals surface area (Å²) in [6, 6.07) is 14.0. The Labute approximate surface area is 146 Å². The molecule has 0 amide bonds. The zero-order chi connectivity index (χ0) is 16.2. The van der Waals surface area contributed by atoms with Crippen molar-refractivity contribution in [1.82, 2.24) is 10.3 Å². The first kappa shape index (κ1) is 15.8. The van der Waals surface area contributed by atoms with Gasteiger partial charge in [-0.25, -0.2) is 0 Å². The number of H-pyrrole nitrogens is 1. The highest BCUT2D eigenvalue weighted by Gasteiger charge is 2.05. The second kappa shape index (κ2) is 7.02. The number of benzene rings is 2. The number of hydrogen-bond donors (Lipinski definition) is 3. The summed E-state index contributed by atoms with van der Waals surface area (Å²) in [6.45, 7) is 2.82. The highest BCUT2D eigenvalue weighted by atomic mass is 35.5. The van der Waals surface area contributed by atoms with Gasteiger partial charge in [0.25, 0.3) is 0 Å². The van der Waals surface area contributed by atoms with Gasteiger partial charge < -0.3 is 15.6 Å². The van der Waals surface area contributed by atoms with Crippen molar-refractivity contribution in [3.8, 4) is 0 Å². The highest BCUT2D eigenvalue weighted by Crippen LogP contribution is 2.22. The number of aromatic amines is 1. The Bertz CT molecular complexity index is 841. The number of thiocarbonyl (C=S) groups is 1. The van der Waals surface area contributed by atoms with Gasteiger partial charge in [-0.1, -0.05) is 29.8 Å². The largest absolute Gasteiger partial charge is 0.362 e. The van der Waals surface area contributed by atoms with Crippen molar-refractivity contribution in [1.29, 1.82) is 0 Å². The van der Waals surface area contributed by atoms with E-state index in [2.05, 4.69) is 28.6 Å². The van der Waals surface area contributed by atoms with Gasteiger partial charge >= 0.3 is 0 Å². The van der Waals surface area contributed by atoms with E-state index in [0.717, 1.165) is 34.6 Å². The maximum absolute atomic E-state index is 6.08. The molecule has 1 aromatic heterocycles. The molecule has 2 aromatic carbocycles. The molecule has 3 aromatic rings. The third kappa shape index (κ3) is 3.84. The summed E-state index contributed by atoms with van der Waals surface area (Å²) >= 11 is 11.4. The predicted molar refractivity (Wildman–Crippen MR) is 102 cm³/mol. The molecular formula is C18H18ClN3S. The molecule has 0 bridgehead atoms. The zero-order valence-electron chi connectivity index (χ0n) is 12.8. The number of rotatable bonds is 4. The standard InChI is InChI=1S/C18H18ClN3S/c1-12-4-2-3-5-16(12)22-18(23)20-9-8-13-11-21-17-7-6-14(19)10-15(13)17/h2-7,10-11,21H,8-9H2,1H3,(H2,20,22,23). The molecule has 5 heteroatoms. The summed E-state index contributed by atoms with van der Waals surface area (Å²) in [4.78, 5) is 3.27. The van der Waals surface area contributed by atoms with Gasteiger partial charge in [0.05, 0.1) is 0 Å². The minimum absolute atomic E-state index is 0.636. The second-order valence-electron chi connectivity index (χ2n) is 5.45. The van der Waals surface area contributed by atoms with Crippen LogP contribution in [-0.2, 0) is 6.42 Å². The molecule has 1 heterocycles. The number of fused-ring (bicyclic) bond motifs is 1. The van der Waals surface area contributed by atoms with Crippen LogP contribution in [0.15, 0.2) is 48.7 Å². The Balaban J connectivity index is 1.57. The molecule has 0 unspecified atom stereocenters. The van der Waals surface area contributed by atoms with Crippen molar-refractivity contribution < 1.29 is 0 Å². The van der Waals surface area contributed by atoms with E-state index in [1.807, 2.05) is 42.6 Å². The fraction of sp³-hybridized carbons (Fsp3) is 0.167. The van der Waals surface area contributed by atoms with E-state index in [9.17, 15) is 0 Å². The van der Waals surface area contributed by atoms with Gasteiger partial charge in [0.2, 0.25) is 0 Å². The van der Waals surface area contributed by atoms with E-state index in [0.29, 0.717) is 5.11 Å². The average Bonchev–Trinajstić information content (AvgIpc) is 2.92. The third-order valence-electron chi connectivity index (χ3n) is 3.80. The van der Waals surface area contributed by atoms with Crippen LogP contribution in [0.5, 0.6) is 0 Å². The number of para-hydroxylation sites is 1. The maximum atomic E-state index is 6.08. The normalized spacial score (nSPS) is 10.7. The molecule has 0 aliphatic heterocycles. The molecule has 0 atom stereocenters. The third-order valence-corrected chi connectivity index (χ3v) is 4.28. The van der Waals surface area contributed by atoms with E-state index in [1.165, 1.54) is 11.1 Å². The number of hydrogen-bond acceptors (Lipinski definition) is 1. The first-order valence-electron chi connectivity index (χ1n) is 7.49. The molecule has 3 nitrogen and oxygen atoms in total. The van der Waals surface area contributed by atoms with Crippen molar-refractivity contribution >= 4 is 45.5 Å². The van der Waals surface area contributed by atoms with Crippen molar-refractivity contribution in [3.05, 3.63) is 64.8 Å². The highest BCUT2D eigenvalue weighted by molar-refractivity contribution is 7.80. The van der Waals surface area contributed by atoms with Crippen LogP contribution < -0.4 is 10.6 Å². The summed E-state index contributed by atoms with van der Waals surface area (Å²) < 4.78 is 0. The number of halogens is 1. The lowest BCUT2D eigenvalue weighted by Gasteiger charge is -2.12. The molecule has 118 valence electrons. The Kier molecular flexibility index (Phi) is 4.84. The van der Waals surface area contributed by atoms with Gasteiger partial charge in [-0.05, 0) is 61.0 Å². The minimum atomic E-state index is 0.636. The van der Waals surface area contributed by atoms with Crippen LogP contribution in [0, 0.1) is 6.92 Å². The minimum Gasteiger partial charge on any atom is -0.362 e. The number of aryl methyl sites for hydroxylation is 1. The lowest BCUT2D eigenvalue weighted by atomic mass is 10.1. The molecule has 23 heavy (non-hydrogen) atoms.